The number of hydrogen-bond donors (Lipinski definition) is 1. The summed E-state index contributed by atoms with van der Waals surface area (Å²) in [5, 5.41) is 0. The van der Waals surface area contributed by atoms with Crippen molar-refractivity contribution in [1.82, 2.24) is 9.88 Å². The predicted octanol–water partition coefficient (Wildman–Crippen LogP) is 3.57. The zero-order chi connectivity index (χ0) is 23.3. The third-order valence-corrected chi connectivity index (χ3v) is 6.37. The van der Waals surface area contributed by atoms with Crippen LogP contribution in [0, 0.1) is 0 Å². The van der Waals surface area contributed by atoms with Crippen LogP contribution in [0.5, 0.6) is 0 Å². The molecule has 2 aromatic rings. The third-order valence-electron chi connectivity index (χ3n) is 5.05. The lowest BCUT2D eigenvalue weighted by Crippen LogP contribution is -2.36. The number of anilines is 2. The minimum Gasteiger partial charge on any atom is -0.305 e. The summed E-state index contributed by atoms with van der Waals surface area (Å²) in [5.41, 5.74) is -4.68. The molecular weight excluding hydrogens is 469 g/mol. The van der Waals surface area contributed by atoms with Gasteiger partial charge in [-0.3, -0.25) is 9.52 Å². The maximum absolute atomic E-state index is 13.1. The fourth-order valence-corrected chi connectivity index (χ4v) is 4.59. The third kappa shape index (κ3) is 4.53. The number of alkyl halides is 3. The molecule has 170 valence electrons. The monoisotopic (exact) mass is 486 g/mol. The van der Waals surface area contributed by atoms with Crippen molar-refractivity contribution < 1.29 is 31.2 Å². The van der Waals surface area contributed by atoms with Crippen molar-refractivity contribution in [2.45, 2.75) is 35.3 Å². The molecule has 2 fully saturated rings. The number of benzene rings is 1. The molecule has 0 unspecified atom stereocenters. The van der Waals surface area contributed by atoms with E-state index in [4.69, 9.17) is 0 Å². The minimum atomic E-state index is -4.44. The molecule has 1 N–H and O–H groups in total. The Morgan fingerprint density at radius 1 is 1.16 bits per heavy atom. The summed E-state index contributed by atoms with van der Waals surface area (Å²) in [6.07, 6.45) is 3.31. The first-order valence-corrected chi connectivity index (χ1v) is 12.0. The topological polar surface area (TPSA) is 99.7 Å². The Bertz CT molecular complexity index is 1180. The molecule has 3 amide bonds. The highest BCUT2D eigenvalue weighted by Crippen LogP contribution is 2.50. The lowest BCUT2D eigenvalue weighted by atomic mass is 10.2. The average molecular weight is 486 g/mol. The maximum atomic E-state index is 13.1. The van der Waals surface area contributed by atoms with Crippen LogP contribution in [0.15, 0.2) is 47.5 Å². The number of thioether (sulfide) groups is 1. The number of halogens is 3. The lowest BCUT2D eigenvalue weighted by Gasteiger charge is -2.21. The molecule has 1 aliphatic carbocycles. The smallest absolute Gasteiger partial charge is 0.305 e. The van der Waals surface area contributed by atoms with E-state index >= 15 is 0 Å². The van der Waals surface area contributed by atoms with Gasteiger partial charge in [0, 0.05) is 17.6 Å². The first kappa shape index (κ1) is 22.4. The van der Waals surface area contributed by atoms with Gasteiger partial charge in [-0.1, -0.05) is 0 Å². The van der Waals surface area contributed by atoms with Gasteiger partial charge in [0.1, 0.15) is 11.4 Å². The number of carbonyl (C=O) groups excluding carboxylic acids is 2. The van der Waals surface area contributed by atoms with E-state index in [1.54, 1.807) is 6.07 Å². The molecule has 0 atom stereocenters. The van der Waals surface area contributed by atoms with E-state index in [0.29, 0.717) is 18.4 Å². The van der Waals surface area contributed by atoms with Gasteiger partial charge in [-0.2, -0.15) is 13.2 Å². The summed E-state index contributed by atoms with van der Waals surface area (Å²) in [6.45, 7) is 0.0457. The highest BCUT2D eigenvalue weighted by atomic mass is 32.2. The molecule has 1 saturated heterocycles. The maximum Gasteiger partial charge on any atom is 0.446 e. The quantitative estimate of drug-likeness (QED) is 0.495. The minimum absolute atomic E-state index is 0.0457. The summed E-state index contributed by atoms with van der Waals surface area (Å²) in [6, 6.07) is 7.53. The Labute approximate surface area is 185 Å². The number of carbonyl (C=O) groups is 2. The van der Waals surface area contributed by atoms with Crippen LogP contribution in [-0.4, -0.2) is 47.5 Å². The highest BCUT2D eigenvalue weighted by molar-refractivity contribution is 8.00. The van der Waals surface area contributed by atoms with Crippen LogP contribution in [0.25, 0.3) is 0 Å². The highest BCUT2D eigenvalue weighted by Gasteiger charge is 2.65. The summed E-state index contributed by atoms with van der Waals surface area (Å²) < 4.78 is 62.8. The SMILES string of the molecule is CS(=O)(=O)Nc1cc(CN2C(=O)N(c3ccc(SC(F)(F)F)cc3)C(=O)C23CC3)ccn1. The van der Waals surface area contributed by atoms with E-state index in [9.17, 15) is 31.2 Å². The lowest BCUT2D eigenvalue weighted by molar-refractivity contribution is -0.120. The molecule has 13 heteroatoms. The largest absolute Gasteiger partial charge is 0.446 e. The van der Waals surface area contributed by atoms with Crippen LogP contribution in [0.3, 0.4) is 0 Å². The van der Waals surface area contributed by atoms with Gasteiger partial charge >= 0.3 is 11.5 Å². The van der Waals surface area contributed by atoms with Crippen molar-refractivity contribution >= 4 is 45.2 Å². The first-order valence-electron chi connectivity index (χ1n) is 9.33. The van der Waals surface area contributed by atoms with Crippen molar-refractivity contribution in [3.63, 3.8) is 0 Å². The second-order valence-electron chi connectivity index (χ2n) is 7.51. The van der Waals surface area contributed by atoms with Crippen molar-refractivity contribution in [3.05, 3.63) is 48.2 Å². The number of aromatic nitrogens is 1. The van der Waals surface area contributed by atoms with E-state index in [1.165, 1.54) is 41.4 Å². The molecule has 4 rings (SSSR count). The number of sulfonamides is 1. The Hall–Kier alpha value is -2.80. The van der Waals surface area contributed by atoms with Crippen LogP contribution < -0.4 is 9.62 Å². The number of hydrogen-bond acceptors (Lipinski definition) is 6. The second-order valence-corrected chi connectivity index (χ2v) is 10.4. The first-order chi connectivity index (χ1) is 14.9. The van der Waals surface area contributed by atoms with Crippen LogP contribution in [0.4, 0.5) is 29.5 Å². The van der Waals surface area contributed by atoms with Gasteiger partial charge in [0.25, 0.3) is 5.91 Å². The van der Waals surface area contributed by atoms with Gasteiger partial charge in [-0.15, -0.1) is 0 Å². The molecule has 2 aliphatic rings. The number of imide groups is 1. The van der Waals surface area contributed by atoms with Crippen molar-refractivity contribution in [2.24, 2.45) is 0 Å². The van der Waals surface area contributed by atoms with Gasteiger partial charge in [-0.05, 0) is 66.6 Å². The van der Waals surface area contributed by atoms with Gasteiger partial charge in [0.15, 0.2) is 0 Å². The number of amides is 3. The summed E-state index contributed by atoms with van der Waals surface area (Å²) in [7, 11) is -3.54. The fraction of sp³-hybridized carbons (Fsp3) is 0.316. The number of pyridine rings is 1. The number of urea groups is 1. The zero-order valence-electron chi connectivity index (χ0n) is 16.6. The fourth-order valence-electron chi connectivity index (χ4n) is 3.56. The second kappa shape index (κ2) is 7.66. The molecule has 2 heterocycles. The van der Waals surface area contributed by atoms with E-state index in [1.807, 2.05) is 0 Å². The van der Waals surface area contributed by atoms with Gasteiger partial charge in [0.2, 0.25) is 10.0 Å². The molecule has 0 radical (unpaired) electrons. The van der Waals surface area contributed by atoms with E-state index in [0.717, 1.165) is 11.2 Å². The molecule has 1 aromatic carbocycles. The molecule has 1 spiro atoms. The number of nitrogens with zero attached hydrogens (tertiary/aromatic N) is 3. The molecule has 32 heavy (non-hydrogen) atoms. The normalized spacial score (nSPS) is 17.9. The molecule has 1 aromatic heterocycles. The molecule has 8 nitrogen and oxygen atoms in total. The Morgan fingerprint density at radius 3 is 2.38 bits per heavy atom. The zero-order valence-corrected chi connectivity index (χ0v) is 18.2. The van der Waals surface area contributed by atoms with E-state index in [-0.39, 0.29) is 34.7 Å². The predicted molar refractivity (Wildman–Crippen MR) is 111 cm³/mol. The average Bonchev–Trinajstić information content (AvgIpc) is 3.43. The molecule has 0 bridgehead atoms. The van der Waals surface area contributed by atoms with Crippen LogP contribution >= 0.6 is 11.8 Å². The van der Waals surface area contributed by atoms with Crippen molar-refractivity contribution in [2.75, 3.05) is 15.9 Å². The van der Waals surface area contributed by atoms with Crippen LogP contribution in [0.1, 0.15) is 18.4 Å². The van der Waals surface area contributed by atoms with Crippen LogP contribution in [0.2, 0.25) is 0 Å². The molecule has 1 saturated carbocycles. The Balaban J connectivity index is 1.57. The van der Waals surface area contributed by atoms with E-state index < -0.39 is 33.0 Å². The number of rotatable bonds is 6. The Morgan fingerprint density at radius 2 is 1.81 bits per heavy atom. The van der Waals surface area contributed by atoms with Crippen LogP contribution in [-0.2, 0) is 21.4 Å². The number of nitrogens with one attached hydrogen (secondary N) is 1. The standard InChI is InChI=1S/C19H17F3N4O4S2/c1-32(29,30)24-15-10-12(6-9-23-15)11-25-17(28)26(16(27)18(25)7-8-18)13-2-4-14(5-3-13)31-19(20,21)22/h2-6,9-10H,7-8,11H2,1H3,(H,23,24). The van der Waals surface area contributed by atoms with Gasteiger partial charge in [0.05, 0.1) is 11.9 Å². The summed E-state index contributed by atoms with van der Waals surface area (Å²) >= 11 is -0.280. The molecule has 1 aliphatic heterocycles. The van der Waals surface area contributed by atoms with Crippen molar-refractivity contribution in [1.29, 1.82) is 0 Å². The van der Waals surface area contributed by atoms with E-state index in [2.05, 4.69) is 9.71 Å². The van der Waals surface area contributed by atoms with Crippen molar-refractivity contribution in [3.8, 4) is 0 Å². The molecular formula is C19H17F3N4O4S2. The van der Waals surface area contributed by atoms with Gasteiger partial charge < -0.3 is 4.90 Å². The summed E-state index contributed by atoms with van der Waals surface area (Å²) in [4.78, 5) is 32.4. The Kier molecular flexibility index (Phi) is 5.36. The summed E-state index contributed by atoms with van der Waals surface area (Å²) in [5.74, 6) is -0.343. The van der Waals surface area contributed by atoms with Gasteiger partial charge in [-0.25, -0.2) is 23.1 Å².